The van der Waals surface area contributed by atoms with E-state index in [0.29, 0.717) is 28.8 Å². The first-order chi connectivity index (χ1) is 15.2. The fraction of sp³-hybridized carbons (Fsp3) is 0.105. The molecule has 0 fully saturated rings. The van der Waals surface area contributed by atoms with E-state index >= 15 is 0 Å². The van der Waals surface area contributed by atoms with Gasteiger partial charge in [0.05, 0.1) is 22.7 Å². The highest BCUT2D eigenvalue weighted by atomic mass is 127. The van der Waals surface area contributed by atoms with E-state index in [-0.39, 0.29) is 25.2 Å². The number of nitrogens with zero attached hydrogens (tertiary/aromatic N) is 3. The van der Waals surface area contributed by atoms with E-state index in [2.05, 4.69) is 10.2 Å². The van der Waals surface area contributed by atoms with Gasteiger partial charge in [0, 0.05) is 17.7 Å². The molecule has 0 saturated carbocycles. The third kappa shape index (κ3) is 5.28. The Morgan fingerprint density at radius 2 is 1.84 bits per heavy atom. The molecule has 1 heterocycles. The number of benzene rings is 2. The number of methoxy groups -OCH3 is 2. The van der Waals surface area contributed by atoms with Crippen molar-refractivity contribution in [1.82, 2.24) is 10.2 Å². The molecule has 0 aliphatic heterocycles. The van der Waals surface area contributed by atoms with Gasteiger partial charge in [-0.1, -0.05) is 0 Å². The molecule has 0 bridgehead atoms. The number of aromatic nitrogens is 2. The predicted molar refractivity (Wildman–Crippen MR) is 122 cm³/mol. The van der Waals surface area contributed by atoms with Gasteiger partial charge in [0.15, 0.2) is 0 Å². The lowest BCUT2D eigenvalue weighted by molar-refractivity contribution is -0.386. The fourth-order valence-corrected chi connectivity index (χ4v) is 3.81. The lowest BCUT2D eigenvalue weighted by Gasteiger charge is -2.05. The van der Waals surface area contributed by atoms with Crippen molar-refractivity contribution in [3.63, 3.8) is 0 Å². The topological polar surface area (TPSA) is 158 Å². The van der Waals surface area contributed by atoms with Crippen molar-refractivity contribution in [2.75, 3.05) is 14.2 Å². The summed E-state index contributed by atoms with van der Waals surface area (Å²) < 4.78 is 16.2. The van der Waals surface area contributed by atoms with Gasteiger partial charge in [-0.3, -0.25) is 10.1 Å². The number of carboxylic acid groups (broad SMARTS) is 1. The van der Waals surface area contributed by atoms with Gasteiger partial charge in [0.2, 0.25) is 11.6 Å². The Hall–Kier alpha value is -3.33. The summed E-state index contributed by atoms with van der Waals surface area (Å²) in [4.78, 5) is 21.9. The van der Waals surface area contributed by atoms with Crippen LogP contribution < -0.4 is 9.47 Å². The number of carbonyl (C=O) groups is 1. The molecule has 0 saturated heterocycles. The van der Waals surface area contributed by atoms with Crippen LogP contribution in [-0.2, 0) is 4.79 Å². The molecule has 11 nitrogen and oxygen atoms in total. The molecule has 32 heavy (non-hydrogen) atoms. The largest absolute Gasteiger partial charge is 0.501 e. The number of halogens is 1. The van der Waals surface area contributed by atoms with Gasteiger partial charge in [0.1, 0.15) is 16.4 Å². The zero-order valence-electron chi connectivity index (χ0n) is 16.4. The SMILES string of the molecule is COc1cc(OC)cc(-c2nnc(S/C(=C\c3cc(I)c(O)c([N+](=O)[O-])c3)C(=O)O)o2)c1. The zero-order chi connectivity index (χ0) is 23.4. The Balaban J connectivity index is 1.93. The van der Waals surface area contributed by atoms with Crippen LogP contribution in [0.25, 0.3) is 17.5 Å². The first-order valence-corrected chi connectivity index (χ1v) is 10.5. The summed E-state index contributed by atoms with van der Waals surface area (Å²) >= 11 is 2.39. The Morgan fingerprint density at radius 1 is 1.19 bits per heavy atom. The number of aliphatic carboxylic acids is 1. The molecular weight excluding hydrogens is 557 g/mol. The molecule has 0 radical (unpaired) electrons. The molecule has 0 aliphatic carbocycles. The third-order valence-corrected chi connectivity index (χ3v) is 5.65. The molecule has 3 rings (SSSR count). The summed E-state index contributed by atoms with van der Waals surface area (Å²) in [6, 6.07) is 7.45. The van der Waals surface area contributed by atoms with E-state index in [1.165, 1.54) is 26.4 Å². The first kappa shape index (κ1) is 23.3. The van der Waals surface area contributed by atoms with Crippen LogP contribution in [0.4, 0.5) is 5.69 Å². The summed E-state index contributed by atoms with van der Waals surface area (Å²) in [5, 5.41) is 38.2. The molecule has 0 amide bonds. The van der Waals surface area contributed by atoms with Gasteiger partial charge >= 0.3 is 11.7 Å². The molecule has 1 aromatic heterocycles. The van der Waals surface area contributed by atoms with Crippen LogP contribution in [0.2, 0.25) is 0 Å². The second-order valence-electron chi connectivity index (χ2n) is 6.02. The standard InChI is InChI=1S/C19H14IN3O8S/c1-29-11-6-10(7-12(8-11)30-2)17-21-22-19(31-17)32-15(18(25)26)5-9-3-13(20)16(24)14(4-9)23(27)28/h3-8,24H,1-2H3,(H,25,26)/b15-5-. The number of hydrogen-bond acceptors (Lipinski definition) is 10. The Morgan fingerprint density at radius 3 is 2.41 bits per heavy atom. The van der Waals surface area contributed by atoms with Crippen molar-refractivity contribution in [2.45, 2.75) is 5.22 Å². The molecule has 3 aromatic rings. The highest BCUT2D eigenvalue weighted by Gasteiger charge is 2.20. The minimum absolute atomic E-state index is 0.0570. The smallest absolute Gasteiger partial charge is 0.342 e. The van der Waals surface area contributed by atoms with Crippen molar-refractivity contribution in [1.29, 1.82) is 0 Å². The number of nitro benzene ring substituents is 1. The average molecular weight is 571 g/mol. The van der Waals surface area contributed by atoms with Crippen LogP contribution in [0.1, 0.15) is 5.56 Å². The quantitative estimate of drug-likeness (QED) is 0.131. The van der Waals surface area contributed by atoms with Crippen LogP contribution in [0.15, 0.2) is 44.9 Å². The maximum Gasteiger partial charge on any atom is 0.342 e. The van der Waals surface area contributed by atoms with E-state index in [9.17, 15) is 25.1 Å². The van der Waals surface area contributed by atoms with Gasteiger partial charge in [-0.15, -0.1) is 10.2 Å². The highest BCUT2D eigenvalue weighted by molar-refractivity contribution is 14.1. The number of aromatic hydroxyl groups is 1. The Kier molecular flexibility index (Phi) is 7.19. The summed E-state index contributed by atoms with van der Waals surface area (Å²) in [6.45, 7) is 0. The molecule has 2 N–H and O–H groups in total. The van der Waals surface area contributed by atoms with Crippen molar-refractivity contribution in [3.05, 3.63) is 54.5 Å². The number of thioether (sulfide) groups is 1. The second kappa shape index (κ2) is 9.86. The Bertz CT molecular complexity index is 1210. The molecule has 0 aliphatic rings. The summed E-state index contributed by atoms with van der Waals surface area (Å²) in [5.41, 5.74) is 0.177. The number of phenols is 1. The first-order valence-electron chi connectivity index (χ1n) is 8.58. The maximum atomic E-state index is 11.7. The minimum atomic E-state index is -1.30. The number of rotatable bonds is 8. The third-order valence-electron chi connectivity index (χ3n) is 3.97. The maximum absolute atomic E-state index is 11.7. The van der Waals surface area contributed by atoms with E-state index in [1.807, 2.05) is 0 Å². The summed E-state index contributed by atoms with van der Waals surface area (Å²) in [6.07, 6.45) is 1.21. The van der Waals surface area contributed by atoms with Crippen LogP contribution in [0.5, 0.6) is 17.2 Å². The van der Waals surface area contributed by atoms with Crippen LogP contribution in [0.3, 0.4) is 0 Å². The van der Waals surface area contributed by atoms with Gasteiger partial charge in [-0.25, -0.2) is 4.79 Å². The minimum Gasteiger partial charge on any atom is -0.501 e. The molecule has 13 heteroatoms. The number of hydrogen-bond donors (Lipinski definition) is 2. The van der Waals surface area contributed by atoms with Gasteiger partial charge in [0.25, 0.3) is 5.22 Å². The monoisotopic (exact) mass is 571 g/mol. The molecule has 0 spiro atoms. The number of carboxylic acids is 1. The van der Waals surface area contributed by atoms with Gasteiger partial charge in [-0.2, -0.15) is 0 Å². The van der Waals surface area contributed by atoms with Gasteiger partial charge < -0.3 is 24.1 Å². The van der Waals surface area contributed by atoms with Crippen molar-refractivity contribution in [3.8, 4) is 28.7 Å². The summed E-state index contributed by atoms with van der Waals surface area (Å²) in [7, 11) is 2.98. The molecule has 0 unspecified atom stereocenters. The lowest BCUT2D eigenvalue weighted by Crippen LogP contribution is -1.97. The van der Waals surface area contributed by atoms with E-state index in [1.54, 1.807) is 40.8 Å². The molecule has 166 valence electrons. The molecule has 2 aromatic carbocycles. The Labute approximate surface area is 198 Å². The van der Waals surface area contributed by atoms with E-state index < -0.39 is 22.3 Å². The normalized spacial score (nSPS) is 11.3. The van der Waals surface area contributed by atoms with Crippen LogP contribution >= 0.6 is 34.4 Å². The second-order valence-corrected chi connectivity index (χ2v) is 8.17. The molecular formula is C19H14IN3O8S. The number of phenolic OH excluding ortho intramolecular Hbond substituents is 1. The van der Waals surface area contributed by atoms with Crippen LogP contribution in [-0.4, -0.2) is 45.5 Å². The van der Waals surface area contributed by atoms with Gasteiger partial charge in [-0.05, 0) is 64.2 Å². The van der Waals surface area contributed by atoms with E-state index in [0.717, 1.165) is 6.07 Å². The number of ether oxygens (including phenoxy) is 2. The zero-order valence-corrected chi connectivity index (χ0v) is 19.4. The van der Waals surface area contributed by atoms with Crippen LogP contribution in [0, 0.1) is 13.7 Å². The fourth-order valence-electron chi connectivity index (χ4n) is 2.51. The predicted octanol–water partition coefficient (Wildman–Crippen LogP) is 4.19. The van der Waals surface area contributed by atoms with Crippen molar-refractivity contribution in [2.24, 2.45) is 0 Å². The van der Waals surface area contributed by atoms with E-state index in [4.69, 9.17) is 13.9 Å². The van der Waals surface area contributed by atoms with Crippen molar-refractivity contribution >= 4 is 52.1 Å². The lowest BCUT2D eigenvalue weighted by atomic mass is 10.1. The highest BCUT2D eigenvalue weighted by Crippen LogP contribution is 2.36. The number of nitro groups is 1. The molecule has 0 atom stereocenters. The summed E-state index contributed by atoms with van der Waals surface area (Å²) in [5.74, 6) is -0.678. The van der Waals surface area contributed by atoms with Crippen molar-refractivity contribution < 1.29 is 33.8 Å². The average Bonchev–Trinajstić information content (AvgIpc) is 3.23.